The van der Waals surface area contributed by atoms with E-state index in [2.05, 4.69) is 10.1 Å². The van der Waals surface area contributed by atoms with Crippen molar-refractivity contribution in [1.29, 1.82) is 0 Å². The number of aromatic nitrogens is 2. The number of anilines is 1. The van der Waals surface area contributed by atoms with E-state index in [0.29, 0.717) is 12.4 Å². The number of carbonyl (C=O) groups is 1. The van der Waals surface area contributed by atoms with Crippen LogP contribution >= 0.6 is 0 Å². The minimum absolute atomic E-state index is 0.0707. The first-order chi connectivity index (χ1) is 9.15. The fourth-order valence-electron chi connectivity index (χ4n) is 2.33. The van der Waals surface area contributed by atoms with Crippen molar-refractivity contribution in [3.8, 4) is 0 Å². The normalized spacial score (nSPS) is 18.2. The summed E-state index contributed by atoms with van der Waals surface area (Å²) < 4.78 is 4.85. The molecule has 3 rings (SSSR count). The Kier molecular flexibility index (Phi) is 2.79. The highest BCUT2D eigenvalue weighted by molar-refractivity contribution is 6.04. The van der Waals surface area contributed by atoms with Crippen LogP contribution in [0.2, 0.25) is 0 Å². The topological polar surface area (TPSA) is 85.2 Å². The fourth-order valence-corrected chi connectivity index (χ4v) is 2.33. The van der Waals surface area contributed by atoms with E-state index in [4.69, 9.17) is 10.3 Å². The largest absolute Gasteiger partial charge is 0.339 e. The number of nitrogens with zero attached hydrogens (tertiary/aromatic N) is 3. The van der Waals surface area contributed by atoms with Crippen molar-refractivity contribution in [3.05, 3.63) is 41.5 Å². The Hall–Kier alpha value is -2.21. The number of aryl methyl sites for hydroxylation is 1. The maximum Gasteiger partial charge on any atom is 0.299 e. The quantitative estimate of drug-likeness (QED) is 0.821. The van der Waals surface area contributed by atoms with Gasteiger partial charge in [-0.1, -0.05) is 23.4 Å². The van der Waals surface area contributed by atoms with Crippen molar-refractivity contribution in [2.45, 2.75) is 19.4 Å². The molecule has 1 amide bonds. The number of amides is 1. The molecule has 6 nitrogen and oxygen atoms in total. The number of carbonyl (C=O) groups excluding carboxylic acids is 1. The summed E-state index contributed by atoms with van der Waals surface area (Å²) in [4.78, 5) is 18.0. The van der Waals surface area contributed by atoms with Crippen LogP contribution in [0.3, 0.4) is 0 Å². The Labute approximate surface area is 110 Å². The Balaban J connectivity index is 1.99. The zero-order valence-electron chi connectivity index (χ0n) is 10.5. The second-order valence-electron chi connectivity index (χ2n) is 4.65. The summed E-state index contributed by atoms with van der Waals surface area (Å²) in [7, 11) is 0. The predicted molar refractivity (Wildman–Crippen MR) is 68.8 cm³/mol. The first kappa shape index (κ1) is 11.9. The van der Waals surface area contributed by atoms with Crippen molar-refractivity contribution >= 4 is 11.6 Å². The summed E-state index contributed by atoms with van der Waals surface area (Å²) in [6, 6.07) is 7.66. The lowest BCUT2D eigenvalue weighted by molar-refractivity contribution is 0.0970. The highest BCUT2D eigenvalue weighted by Gasteiger charge is 2.29. The SMILES string of the molecule is Cc1nc(C(=O)N2CC(N)Cc3ccccc32)no1. The number of hydrogen-bond donors (Lipinski definition) is 1. The van der Waals surface area contributed by atoms with Crippen molar-refractivity contribution in [3.63, 3.8) is 0 Å². The van der Waals surface area contributed by atoms with E-state index < -0.39 is 0 Å². The molecule has 2 aromatic rings. The first-order valence-electron chi connectivity index (χ1n) is 6.11. The lowest BCUT2D eigenvalue weighted by Gasteiger charge is -2.32. The van der Waals surface area contributed by atoms with E-state index in [0.717, 1.165) is 17.7 Å². The molecule has 98 valence electrons. The molecular weight excluding hydrogens is 244 g/mol. The number of para-hydroxylation sites is 1. The summed E-state index contributed by atoms with van der Waals surface area (Å²) in [5, 5.41) is 3.67. The maximum absolute atomic E-state index is 12.4. The van der Waals surface area contributed by atoms with Gasteiger partial charge in [0.1, 0.15) is 0 Å². The zero-order chi connectivity index (χ0) is 13.4. The minimum Gasteiger partial charge on any atom is -0.339 e. The Bertz CT molecular complexity index is 623. The molecule has 19 heavy (non-hydrogen) atoms. The molecule has 1 aromatic carbocycles. The summed E-state index contributed by atoms with van der Waals surface area (Å²) >= 11 is 0. The van der Waals surface area contributed by atoms with Crippen LogP contribution in [0, 0.1) is 6.92 Å². The molecule has 1 aliphatic heterocycles. The van der Waals surface area contributed by atoms with Gasteiger partial charge in [-0.15, -0.1) is 0 Å². The van der Waals surface area contributed by atoms with E-state index >= 15 is 0 Å². The average Bonchev–Trinajstić information content (AvgIpc) is 2.83. The number of nitrogens with two attached hydrogens (primary N) is 1. The maximum atomic E-state index is 12.4. The molecule has 2 N–H and O–H groups in total. The van der Waals surface area contributed by atoms with Crippen LogP contribution in [0.25, 0.3) is 0 Å². The van der Waals surface area contributed by atoms with Gasteiger partial charge in [-0.05, 0) is 18.1 Å². The van der Waals surface area contributed by atoms with Crippen molar-refractivity contribution in [2.75, 3.05) is 11.4 Å². The molecule has 2 heterocycles. The van der Waals surface area contributed by atoms with E-state index in [1.54, 1.807) is 11.8 Å². The minimum atomic E-state index is -0.278. The number of hydrogen-bond acceptors (Lipinski definition) is 5. The highest BCUT2D eigenvalue weighted by Crippen LogP contribution is 2.27. The molecular formula is C13H14N4O2. The molecule has 0 saturated carbocycles. The van der Waals surface area contributed by atoms with Crippen LogP contribution in [-0.2, 0) is 6.42 Å². The van der Waals surface area contributed by atoms with Gasteiger partial charge in [-0.3, -0.25) is 4.79 Å². The van der Waals surface area contributed by atoms with Crippen LogP contribution in [0.5, 0.6) is 0 Å². The van der Waals surface area contributed by atoms with Gasteiger partial charge in [0.2, 0.25) is 5.89 Å². The molecule has 1 aromatic heterocycles. The monoisotopic (exact) mass is 258 g/mol. The molecule has 1 aliphatic rings. The van der Waals surface area contributed by atoms with Crippen LogP contribution in [0.4, 0.5) is 5.69 Å². The second kappa shape index (κ2) is 4.47. The Morgan fingerprint density at radius 1 is 1.47 bits per heavy atom. The average molecular weight is 258 g/mol. The molecule has 1 atom stereocenters. The Morgan fingerprint density at radius 2 is 2.26 bits per heavy atom. The zero-order valence-corrected chi connectivity index (χ0v) is 10.5. The molecule has 0 spiro atoms. The lowest BCUT2D eigenvalue weighted by atomic mass is 9.98. The van der Waals surface area contributed by atoms with Crippen LogP contribution in [0.1, 0.15) is 22.1 Å². The number of fused-ring (bicyclic) bond motifs is 1. The van der Waals surface area contributed by atoms with Gasteiger partial charge in [-0.25, -0.2) is 0 Å². The number of rotatable bonds is 1. The molecule has 0 saturated heterocycles. The second-order valence-corrected chi connectivity index (χ2v) is 4.65. The third-order valence-electron chi connectivity index (χ3n) is 3.15. The van der Waals surface area contributed by atoms with E-state index in [1.165, 1.54) is 0 Å². The predicted octanol–water partition coefficient (Wildman–Crippen LogP) is 0.908. The third kappa shape index (κ3) is 2.10. The molecule has 0 fully saturated rings. The number of benzene rings is 1. The fraction of sp³-hybridized carbons (Fsp3) is 0.308. The molecule has 6 heteroatoms. The summed E-state index contributed by atoms with van der Waals surface area (Å²) in [6.45, 7) is 2.11. The highest BCUT2D eigenvalue weighted by atomic mass is 16.5. The molecule has 1 unspecified atom stereocenters. The van der Waals surface area contributed by atoms with Crippen LogP contribution < -0.4 is 10.6 Å². The summed E-state index contributed by atoms with van der Waals surface area (Å²) in [5.74, 6) is 0.166. The van der Waals surface area contributed by atoms with Crippen LogP contribution in [0.15, 0.2) is 28.8 Å². The van der Waals surface area contributed by atoms with Gasteiger partial charge in [0.05, 0.1) is 0 Å². The van der Waals surface area contributed by atoms with Crippen LogP contribution in [-0.4, -0.2) is 28.6 Å². The molecule has 0 radical (unpaired) electrons. The van der Waals surface area contributed by atoms with Gasteiger partial charge in [-0.2, -0.15) is 4.98 Å². The molecule has 0 aliphatic carbocycles. The van der Waals surface area contributed by atoms with Crippen molar-refractivity contribution < 1.29 is 9.32 Å². The Morgan fingerprint density at radius 3 is 3.00 bits per heavy atom. The van der Waals surface area contributed by atoms with Gasteiger partial charge in [0.25, 0.3) is 11.7 Å². The molecule has 0 bridgehead atoms. The van der Waals surface area contributed by atoms with Gasteiger partial charge in [0, 0.05) is 25.2 Å². The smallest absolute Gasteiger partial charge is 0.299 e. The first-order valence-corrected chi connectivity index (χ1v) is 6.11. The lowest BCUT2D eigenvalue weighted by Crippen LogP contribution is -2.46. The van der Waals surface area contributed by atoms with E-state index in [-0.39, 0.29) is 17.8 Å². The third-order valence-corrected chi connectivity index (χ3v) is 3.15. The summed E-state index contributed by atoms with van der Waals surface area (Å²) in [5.41, 5.74) is 7.94. The van der Waals surface area contributed by atoms with Crippen molar-refractivity contribution in [1.82, 2.24) is 10.1 Å². The van der Waals surface area contributed by atoms with E-state index in [9.17, 15) is 4.79 Å². The van der Waals surface area contributed by atoms with Gasteiger partial charge >= 0.3 is 0 Å². The van der Waals surface area contributed by atoms with Crippen molar-refractivity contribution in [2.24, 2.45) is 5.73 Å². The van der Waals surface area contributed by atoms with E-state index in [1.807, 2.05) is 24.3 Å². The van der Waals surface area contributed by atoms with Gasteiger partial charge in [0.15, 0.2) is 0 Å². The summed E-state index contributed by atoms with van der Waals surface area (Å²) in [6.07, 6.45) is 0.769. The van der Waals surface area contributed by atoms with Gasteiger partial charge < -0.3 is 15.2 Å². The standard InChI is InChI=1S/C13H14N4O2/c1-8-15-12(16-19-8)13(18)17-7-10(14)6-9-4-2-3-5-11(9)17/h2-5,10H,6-7,14H2,1H3.